The van der Waals surface area contributed by atoms with Gasteiger partial charge in [-0.05, 0) is 44.5 Å². The molecular formula is C15H18F3NO4. The van der Waals surface area contributed by atoms with Gasteiger partial charge in [-0.2, -0.15) is 13.2 Å². The van der Waals surface area contributed by atoms with Crippen LogP contribution in [-0.4, -0.2) is 34.7 Å². The normalized spacial score (nSPS) is 12.0. The van der Waals surface area contributed by atoms with Crippen LogP contribution in [0.5, 0.6) is 0 Å². The van der Waals surface area contributed by atoms with Gasteiger partial charge in [0.1, 0.15) is 5.60 Å². The molecule has 0 unspecified atom stereocenters. The Kier molecular flexibility index (Phi) is 5.29. The second-order valence-electron chi connectivity index (χ2n) is 6.06. The molecule has 1 aromatic rings. The second kappa shape index (κ2) is 6.47. The molecule has 0 heterocycles. The van der Waals surface area contributed by atoms with E-state index in [9.17, 15) is 22.8 Å². The minimum absolute atomic E-state index is 0.0468. The molecule has 0 aliphatic carbocycles. The molecule has 0 radical (unpaired) electrons. The van der Waals surface area contributed by atoms with Crippen LogP contribution in [0.1, 0.15) is 42.3 Å². The fourth-order valence-corrected chi connectivity index (χ4v) is 1.75. The van der Waals surface area contributed by atoms with Crippen LogP contribution in [0, 0.1) is 0 Å². The average Bonchev–Trinajstić information content (AvgIpc) is 2.35. The Morgan fingerprint density at radius 2 is 1.74 bits per heavy atom. The Labute approximate surface area is 131 Å². The highest BCUT2D eigenvalue weighted by Gasteiger charge is 2.32. The first-order valence-corrected chi connectivity index (χ1v) is 6.68. The number of ether oxygens (including phenoxy) is 1. The largest absolute Gasteiger partial charge is 0.478 e. The van der Waals surface area contributed by atoms with Crippen molar-refractivity contribution >= 4 is 12.1 Å². The summed E-state index contributed by atoms with van der Waals surface area (Å²) in [6, 6.07) is 2.46. The van der Waals surface area contributed by atoms with Crippen molar-refractivity contribution in [1.29, 1.82) is 0 Å². The standard InChI is InChI=1S/C15H18F3NO4/c1-14(2,3)23-13(22)19(4)8-9-5-10(12(20)21)7-11(6-9)15(16,17)18/h5-7H,8H2,1-4H3,(H,20,21). The molecule has 0 aliphatic heterocycles. The van der Waals surface area contributed by atoms with Gasteiger partial charge in [-0.1, -0.05) is 0 Å². The van der Waals surface area contributed by atoms with E-state index in [1.807, 2.05) is 0 Å². The first-order chi connectivity index (χ1) is 10.3. The number of hydrogen-bond donors (Lipinski definition) is 1. The third kappa shape index (κ3) is 5.80. The van der Waals surface area contributed by atoms with E-state index in [0.717, 1.165) is 17.0 Å². The highest BCUT2D eigenvalue weighted by Crippen LogP contribution is 2.31. The third-order valence-corrected chi connectivity index (χ3v) is 2.69. The maximum absolute atomic E-state index is 12.8. The summed E-state index contributed by atoms with van der Waals surface area (Å²) in [5.41, 5.74) is -2.27. The highest BCUT2D eigenvalue weighted by molar-refractivity contribution is 5.88. The third-order valence-electron chi connectivity index (χ3n) is 2.69. The quantitative estimate of drug-likeness (QED) is 0.914. The molecule has 0 aliphatic rings. The van der Waals surface area contributed by atoms with Crippen molar-refractivity contribution in [3.05, 3.63) is 34.9 Å². The van der Waals surface area contributed by atoms with Crippen LogP contribution in [-0.2, 0) is 17.5 Å². The molecule has 128 valence electrons. The fourth-order valence-electron chi connectivity index (χ4n) is 1.75. The lowest BCUT2D eigenvalue weighted by Crippen LogP contribution is -2.33. The lowest BCUT2D eigenvalue weighted by molar-refractivity contribution is -0.137. The number of hydrogen-bond acceptors (Lipinski definition) is 3. The molecule has 23 heavy (non-hydrogen) atoms. The van der Waals surface area contributed by atoms with E-state index in [0.29, 0.717) is 6.07 Å². The molecule has 1 aromatic carbocycles. The smallest absolute Gasteiger partial charge is 0.416 e. The van der Waals surface area contributed by atoms with E-state index in [-0.39, 0.29) is 12.1 Å². The molecule has 1 amide bonds. The maximum atomic E-state index is 12.8. The molecule has 0 atom stereocenters. The van der Waals surface area contributed by atoms with Gasteiger partial charge in [0.2, 0.25) is 0 Å². The first kappa shape index (κ1) is 18.8. The predicted octanol–water partition coefficient (Wildman–Crippen LogP) is 3.77. The molecular weight excluding hydrogens is 315 g/mol. The van der Waals surface area contributed by atoms with Crippen molar-refractivity contribution in [3.8, 4) is 0 Å². The maximum Gasteiger partial charge on any atom is 0.416 e. The Hall–Kier alpha value is -2.25. The van der Waals surface area contributed by atoms with Crippen molar-refractivity contribution < 1.29 is 32.6 Å². The first-order valence-electron chi connectivity index (χ1n) is 6.68. The summed E-state index contributed by atoms with van der Waals surface area (Å²) in [7, 11) is 1.36. The van der Waals surface area contributed by atoms with Crippen LogP contribution >= 0.6 is 0 Å². The molecule has 0 bridgehead atoms. The molecule has 1 rings (SSSR count). The van der Waals surface area contributed by atoms with Crippen LogP contribution in [0.15, 0.2) is 18.2 Å². The highest BCUT2D eigenvalue weighted by atomic mass is 19.4. The van der Waals surface area contributed by atoms with E-state index in [4.69, 9.17) is 9.84 Å². The lowest BCUT2D eigenvalue weighted by atomic mass is 10.0. The van der Waals surface area contributed by atoms with Gasteiger partial charge in [0, 0.05) is 13.6 Å². The van der Waals surface area contributed by atoms with Gasteiger partial charge < -0.3 is 14.7 Å². The molecule has 0 fully saturated rings. The zero-order valence-corrected chi connectivity index (χ0v) is 13.2. The number of carboxylic acid groups (broad SMARTS) is 1. The van der Waals surface area contributed by atoms with Gasteiger partial charge in [-0.25, -0.2) is 9.59 Å². The number of carbonyl (C=O) groups excluding carboxylic acids is 1. The Morgan fingerprint density at radius 1 is 1.17 bits per heavy atom. The Morgan fingerprint density at radius 3 is 2.17 bits per heavy atom. The number of nitrogens with zero attached hydrogens (tertiary/aromatic N) is 1. The van der Waals surface area contributed by atoms with Crippen molar-refractivity contribution in [2.24, 2.45) is 0 Å². The molecule has 0 aromatic heterocycles. The molecule has 5 nitrogen and oxygen atoms in total. The van der Waals surface area contributed by atoms with Gasteiger partial charge in [-0.3, -0.25) is 0 Å². The summed E-state index contributed by atoms with van der Waals surface area (Å²) < 4.78 is 43.6. The SMILES string of the molecule is CN(Cc1cc(C(=O)O)cc(C(F)(F)F)c1)C(=O)OC(C)(C)C. The minimum Gasteiger partial charge on any atom is -0.478 e. The average molecular weight is 333 g/mol. The van der Waals surface area contributed by atoms with Crippen LogP contribution < -0.4 is 0 Å². The van der Waals surface area contributed by atoms with Crippen LogP contribution in [0.3, 0.4) is 0 Å². The van der Waals surface area contributed by atoms with Gasteiger partial charge in [-0.15, -0.1) is 0 Å². The van der Waals surface area contributed by atoms with Crippen molar-refractivity contribution in [2.45, 2.75) is 39.1 Å². The number of benzene rings is 1. The molecule has 8 heteroatoms. The fraction of sp³-hybridized carbons (Fsp3) is 0.467. The Bertz CT molecular complexity index is 606. The molecule has 0 saturated heterocycles. The summed E-state index contributed by atoms with van der Waals surface area (Å²) in [6.45, 7) is 4.77. The number of carbonyl (C=O) groups is 2. The van der Waals surface area contributed by atoms with E-state index in [1.54, 1.807) is 20.8 Å². The summed E-state index contributed by atoms with van der Waals surface area (Å²) in [6.07, 6.45) is -5.39. The predicted molar refractivity (Wildman–Crippen MR) is 76.1 cm³/mol. The van der Waals surface area contributed by atoms with E-state index < -0.39 is 35.0 Å². The summed E-state index contributed by atoms with van der Waals surface area (Å²) in [5.74, 6) is -1.47. The summed E-state index contributed by atoms with van der Waals surface area (Å²) >= 11 is 0. The van der Waals surface area contributed by atoms with Crippen molar-refractivity contribution in [1.82, 2.24) is 4.90 Å². The van der Waals surface area contributed by atoms with E-state index in [2.05, 4.69) is 0 Å². The second-order valence-corrected chi connectivity index (χ2v) is 6.06. The number of alkyl halides is 3. The molecule has 0 saturated carbocycles. The van der Waals surface area contributed by atoms with Crippen LogP contribution in [0.2, 0.25) is 0 Å². The van der Waals surface area contributed by atoms with Crippen molar-refractivity contribution in [3.63, 3.8) is 0 Å². The van der Waals surface area contributed by atoms with Crippen molar-refractivity contribution in [2.75, 3.05) is 7.05 Å². The monoisotopic (exact) mass is 333 g/mol. The van der Waals surface area contributed by atoms with Crippen LogP contribution in [0.25, 0.3) is 0 Å². The molecule has 0 spiro atoms. The zero-order valence-electron chi connectivity index (χ0n) is 13.2. The number of halogens is 3. The Balaban J connectivity index is 3.06. The van der Waals surface area contributed by atoms with Gasteiger partial charge in [0.25, 0.3) is 0 Å². The summed E-state index contributed by atoms with van der Waals surface area (Å²) in [4.78, 5) is 23.9. The zero-order chi connectivity index (χ0) is 18.0. The van der Waals surface area contributed by atoms with Crippen LogP contribution in [0.4, 0.5) is 18.0 Å². The van der Waals surface area contributed by atoms with Gasteiger partial charge in [0.05, 0.1) is 11.1 Å². The van der Waals surface area contributed by atoms with Gasteiger partial charge in [0.15, 0.2) is 0 Å². The lowest BCUT2D eigenvalue weighted by Gasteiger charge is -2.25. The topological polar surface area (TPSA) is 66.8 Å². The van der Waals surface area contributed by atoms with Gasteiger partial charge >= 0.3 is 18.2 Å². The van der Waals surface area contributed by atoms with E-state index in [1.165, 1.54) is 7.05 Å². The number of amides is 1. The molecule has 1 N–H and O–H groups in total. The number of rotatable bonds is 3. The summed E-state index contributed by atoms with van der Waals surface area (Å²) in [5, 5.41) is 8.92. The number of aromatic carboxylic acids is 1. The van der Waals surface area contributed by atoms with E-state index >= 15 is 0 Å². The minimum atomic E-state index is -4.68. The number of carboxylic acids is 1.